The molecule has 202 valence electrons. The van der Waals surface area contributed by atoms with Crippen LogP contribution in [0.4, 0.5) is 5.69 Å². The maximum Gasteiger partial charge on any atom is 0.339 e. The van der Waals surface area contributed by atoms with Crippen molar-refractivity contribution in [2.45, 2.75) is 12.1 Å². The second kappa shape index (κ2) is 9.68. The summed E-state index contributed by atoms with van der Waals surface area (Å²) in [5.74, 6) is -3.16. The van der Waals surface area contributed by atoms with E-state index in [1.54, 1.807) is 36.5 Å². The van der Waals surface area contributed by atoms with E-state index in [4.69, 9.17) is 14.2 Å². The average Bonchev–Trinajstić information content (AvgIpc) is 3.47. The lowest BCUT2D eigenvalue weighted by molar-refractivity contribution is -0.123. The van der Waals surface area contributed by atoms with Crippen LogP contribution in [0.1, 0.15) is 37.9 Å². The van der Waals surface area contributed by atoms with Crippen molar-refractivity contribution in [3.63, 3.8) is 0 Å². The Balaban J connectivity index is 1.52. The number of nitrogens with zero attached hydrogens (tertiary/aromatic N) is 2. The molecule has 0 saturated carbocycles. The summed E-state index contributed by atoms with van der Waals surface area (Å²) < 4.78 is 15.8. The number of hydrogen-bond acceptors (Lipinski definition) is 8. The first-order valence-corrected chi connectivity index (χ1v) is 12.8. The quantitative estimate of drug-likeness (QED) is 0.265. The lowest BCUT2D eigenvalue weighted by Gasteiger charge is -2.35. The van der Waals surface area contributed by atoms with Gasteiger partial charge in [0, 0.05) is 6.20 Å². The number of fused-ring (bicyclic) bond motifs is 5. The zero-order valence-electron chi connectivity index (χ0n) is 22.1. The molecule has 2 amide bonds. The summed E-state index contributed by atoms with van der Waals surface area (Å²) in [4.78, 5) is 58.2. The van der Waals surface area contributed by atoms with Crippen LogP contribution in [0, 0.1) is 11.8 Å². The highest BCUT2D eigenvalue weighted by Gasteiger charge is 2.65. The number of amides is 2. The van der Waals surface area contributed by atoms with Gasteiger partial charge in [0.2, 0.25) is 11.8 Å². The van der Waals surface area contributed by atoms with Crippen molar-refractivity contribution in [3.8, 4) is 11.5 Å². The van der Waals surface area contributed by atoms with Crippen LogP contribution in [0.5, 0.6) is 11.5 Å². The smallest absolute Gasteiger partial charge is 0.339 e. The number of anilines is 1. The number of hydrogen-bond donors (Lipinski definition) is 0. The highest BCUT2D eigenvalue weighted by molar-refractivity contribution is 6.26. The molecule has 0 aliphatic carbocycles. The molecule has 3 aromatic rings. The first kappa shape index (κ1) is 25.4. The second-order valence-electron chi connectivity index (χ2n) is 9.78. The number of carbonyl (C=O) groups is 4. The molecule has 0 N–H and O–H groups in total. The number of rotatable bonds is 6. The van der Waals surface area contributed by atoms with Crippen molar-refractivity contribution in [1.29, 1.82) is 0 Å². The molecule has 3 aliphatic heterocycles. The highest BCUT2D eigenvalue weighted by Crippen LogP contribution is 2.54. The molecule has 9 nitrogen and oxygen atoms in total. The third-order valence-corrected chi connectivity index (χ3v) is 7.95. The standard InChI is InChI=1S/C31H26N2O7/c1-38-18-12-13-23(39-2)21(16-18)28(34)27-25-24(26-19-9-5-4-8-17(19)14-15-32(26)27)29(35)33(30(25)36)22-11-7-6-10-20(22)31(37)40-3/h4-16,24-27H,1-3H3/t24-,25+,26+,27-/m0/s1. The number of carbonyl (C=O) groups excluding carboxylic acids is 4. The van der Waals surface area contributed by atoms with Gasteiger partial charge in [-0.1, -0.05) is 36.4 Å². The molecule has 0 radical (unpaired) electrons. The zero-order chi connectivity index (χ0) is 28.1. The van der Waals surface area contributed by atoms with Gasteiger partial charge >= 0.3 is 5.97 Å². The Hall–Kier alpha value is -4.92. The van der Waals surface area contributed by atoms with E-state index >= 15 is 0 Å². The highest BCUT2D eigenvalue weighted by atomic mass is 16.5. The molecule has 3 aliphatic rings. The molecule has 3 heterocycles. The van der Waals surface area contributed by atoms with E-state index < -0.39 is 41.7 Å². The molecule has 2 fully saturated rings. The van der Waals surface area contributed by atoms with E-state index in [1.807, 2.05) is 35.2 Å². The van der Waals surface area contributed by atoms with E-state index in [2.05, 4.69) is 0 Å². The number of Topliss-reactive ketones (excluding diaryl/α,β-unsaturated/α-hetero) is 1. The number of methoxy groups -OCH3 is 3. The van der Waals surface area contributed by atoms with Crippen molar-refractivity contribution < 1.29 is 33.4 Å². The fourth-order valence-corrected chi connectivity index (χ4v) is 6.21. The summed E-state index contributed by atoms with van der Waals surface area (Å²) in [5.41, 5.74) is 2.22. The predicted octanol–water partition coefficient (Wildman–Crippen LogP) is 3.89. The fraction of sp³-hybridized carbons (Fsp3) is 0.226. The van der Waals surface area contributed by atoms with Crippen molar-refractivity contribution in [2.75, 3.05) is 26.2 Å². The van der Waals surface area contributed by atoms with Gasteiger partial charge in [-0.15, -0.1) is 0 Å². The van der Waals surface area contributed by atoms with Crippen LogP contribution in [0.25, 0.3) is 6.08 Å². The van der Waals surface area contributed by atoms with Gasteiger partial charge in [0.1, 0.15) is 17.5 Å². The Morgan fingerprint density at radius 1 is 0.800 bits per heavy atom. The van der Waals surface area contributed by atoms with Gasteiger partial charge in [-0.3, -0.25) is 14.4 Å². The molecule has 6 rings (SSSR count). The number of ether oxygens (including phenoxy) is 3. The monoisotopic (exact) mass is 538 g/mol. The van der Waals surface area contributed by atoms with Crippen molar-refractivity contribution >= 4 is 35.3 Å². The molecule has 2 saturated heterocycles. The number of ketones is 1. The maximum atomic E-state index is 14.4. The van der Waals surface area contributed by atoms with Crippen LogP contribution in [-0.4, -0.2) is 55.8 Å². The van der Waals surface area contributed by atoms with Gasteiger partial charge in [0.25, 0.3) is 0 Å². The van der Waals surface area contributed by atoms with E-state index in [0.717, 1.165) is 16.0 Å². The molecule has 0 spiro atoms. The summed E-state index contributed by atoms with van der Waals surface area (Å²) in [5, 5.41) is 0. The van der Waals surface area contributed by atoms with Crippen molar-refractivity contribution in [3.05, 3.63) is 95.2 Å². The minimum absolute atomic E-state index is 0.0878. The topological polar surface area (TPSA) is 102 Å². The molecule has 0 bridgehead atoms. The average molecular weight is 539 g/mol. The second-order valence-corrected chi connectivity index (χ2v) is 9.78. The van der Waals surface area contributed by atoms with E-state index in [-0.39, 0.29) is 22.6 Å². The molecular weight excluding hydrogens is 512 g/mol. The Morgan fingerprint density at radius 2 is 1.52 bits per heavy atom. The summed E-state index contributed by atoms with van der Waals surface area (Å²) in [6.45, 7) is 0. The Kier molecular flexibility index (Phi) is 6.14. The lowest BCUT2D eigenvalue weighted by atomic mass is 9.83. The number of para-hydroxylation sites is 1. The molecular formula is C31H26N2O7. The fourth-order valence-electron chi connectivity index (χ4n) is 6.21. The van der Waals surface area contributed by atoms with E-state index in [9.17, 15) is 19.2 Å². The van der Waals surface area contributed by atoms with Crippen molar-refractivity contribution in [2.24, 2.45) is 11.8 Å². The predicted molar refractivity (Wildman–Crippen MR) is 145 cm³/mol. The molecule has 3 aromatic carbocycles. The first-order valence-electron chi connectivity index (χ1n) is 12.8. The van der Waals surface area contributed by atoms with Gasteiger partial charge < -0.3 is 19.1 Å². The van der Waals surface area contributed by atoms with Crippen LogP contribution < -0.4 is 14.4 Å². The van der Waals surface area contributed by atoms with Crippen molar-refractivity contribution in [1.82, 2.24) is 4.90 Å². The summed E-state index contributed by atoms with van der Waals surface area (Å²) >= 11 is 0. The van der Waals surface area contributed by atoms with E-state index in [1.165, 1.54) is 33.5 Å². The normalized spacial score (nSPS) is 22.5. The summed E-state index contributed by atoms with van der Waals surface area (Å²) in [7, 11) is 4.20. The third kappa shape index (κ3) is 3.61. The van der Waals surface area contributed by atoms with Crippen LogP contribution >= 0.6 is 0 Å². The van der Waals surface area contributed by atoms with Crippen LogP contribution in [0.15, 0.2) is 72.9 Å². The van der Waals surface area contributed by atoms with Crippen LogP contribution in [0.3, 0.4) is 0 Å². The Morgan fingerprint density at radius 3 is 2.27 bits per heavy atom. The zero-order valence-corrected chi connectivity index (χ0v) is 22.1. The SMILES string of the molecule is COC(=O)c1ccccc1N1C(=O)[C@@H]2[C@H](C1=O)[C@H]1c3ccccc3C=CN1[C@@H]2C(=O)c1cc(OC)ccc1OC. The number of esters is 1. The molecule has 0 unspecified atom stereocenters. The van der Waals surface area contributed by atoms with Gasteiger partial charge in [0.05, 0.1) is 56.0 Å². The lowest BCUT2D eigenvalue weighted by Crippen LogP contribution is -2.44. The van der Waals surface area contributed by atoms with Crippen LogP contribution in [0.2, 0.25) is 0 Å². The van der Waals surface area contributed by atoms with E-state index in [0.29, 0.717) is 11.5 Å². The number of imide groups is 1. The molecule has 4 atom stereocenters. The van der Waals surface area contributed by atoms with Crippen LogP contribution in [-0.2, 0) is 14.3 Å². The summed E-state index contributed by atoms with van der Waals surface area (Å²) in [6.07, 6.45) is 3.67. The van der Waals surface area contributed by atoms with Gasteiger partial charge in [-0.2, -0.15) is 0 Å². The third-order valence-electron chi connectivity index (χ3n) is 7.95. The Labute approximate surface area is 230 Å². The van der Waals surface area contributed by atoms with Gasteiger partial charge in [0.15, 0.2) is 5.78 Å². The largest absolute Gasteiger partial charge is 0.497 e. The Bertz CT molecular complexity index is 1600. The minimum atomic E-state index is -1.01. The molecule has 0 aromatic heterocycles. The molecule has 40 heavy (non-hydrogen) atoms. The summed E-state index contributed by atoms with van der Waals surface area (Å²) in [6, 6.07) is 17.3. The maximum absolute atomic E-state index is 14.4. The molecule has 9 heteroatoms. The first-order chi connectivity index (χ1) is 19.4. The van der Waals surface area contributed by atoms with Gasteiger partial charge in [-0.05, 0) is 47.5 Å². The number of benzene rings is 3. The minimum Gasteiger partial charge on any atom is -0.497 e. The van der Waals surface area contributed by atoms with Gasteiger partial charge in [-0.25, -0.2) is 9.69 Å².